The van der Waals surface area contributed by atoms with E-state index in [0.717, 1.165) is 43.3 Å². The second-order valence-electron chi connectivity index (χ2n) is 8.39. The maximum absolute atomic E-state index is 11.7. The number of carbonyl (C=O) groups is 1. The van der Waals surface area contributed by atoms with Crippen LogP contribution in [0, 0.1) is 22.7 Å². The van der Waals surface area contributed by atoms with Crippen molar-refractivity contribution in [2.24, 2.45) is 11.3 Å². The van der Waals surface area contributed by atoms with E-state index in [2.05, 4.69) is 13.0 Å². The van der Waals surface area contributed by atoms with Crippen LogP contribution in [0.4, 0.5) is 0 Å². The van der Waals surface area contributed by atoms with Gasteiger partial charge in [0.05, 0.1) is 23.7 Å². The lowest BCUT2D eigenvalue weighted by molar-refractivity contribution is -0.133. The highest BCUT2D eigenvalue weighted by molar-refractivity contribution is 5.93. The van der Waals surface area contributed by atoms with Crippen LogP contribution >= 0.6 is 0 Å². The predicted molar refractivity (Wildman–Crippen MR) is 88.8 cm³/mol. The van der Waals surface area contributed by atoms with E-state index >= 15 is 0 Å². The third-order valence-corrected chi connectivity index (χ3v) is 7.53. The lowest BCUT2D eigenvalue weighted by atomic mass is 9.52. The molecule has 4 rings (SSSR count). The van der Waals surface area contributed by atoms with Crippen molar-refractivity contribution < 1.29 is 15.0 Å². The molecular weight excluding hydrogens is 302 g/mol. The number of carbonyl (C=O) groups excluding carboxylic acids is 1. The fourth-order valence-electron chi connectivity index (χ4n) is 6.11. The van der Waals surface area contributed by atoms with E-state index in [1.807, 2.05) is 0 Å². The van der Waals surface area contributed by atoms with Crippen molar-refractivity contribution in [1.82, 2.24) is 0 Å². The first-order valence-electron chi connectivity index (χ1n) is 9.12. The summed E-state index contributed by atoms with van der Waals surface area (Å²) >= 11 is 0. The Labute approximate surface area is 142 Å². The fourth-order valence-corrected chi connectivity index (χ4v) is 6.11. The molecule has 2 fully saturated rings. The lowest BCUT2D eigenvalue weighted by Gasteiger charge is -2.55. The van der Waals surface area contributed by atoms with Crippen molar-refractivity contribution in [2.75, 3.05) is 0 Å². The lowest BCUT2D eigenvalue weighted by Crippen LogP contribution is -2.57. The molecule has 4 aliphatic rings. The van der Waals surface area contributed by atoms with Gasteiger partial charge in [0.1, 0.15) is 0 Å². The number of ketones is 1. The van der Waals surface area contributed by atoms with Crippen molar-refractivity contribution in [3.05, 3.63) is 22.8 Å². The van der Waals surface area contributed by atoms with E-state index < -0.39 is 16.6 Å². The smallest absolute Gasteiger partial charge is 0.156 e. The minimum Gasteiger partial charge on any atom is -0.388 e. The molecule has 0 aromatic rings. The molecule has 24 heavy (non-hydrogen) atoms. The number of allylic oxidation sites excluding steroid dienone is 3. The summed E-state index contributed by atoms with van der Waals surface area (Å²) in [6.45, 7) is 2.07. The molecule has 0 aliphatic heterocycles. The molecule has 0 aromatic carbocycles. The Morgan fingerprint density at radius 1 is 1.21 bits per heavy atom. The van der Waals surface area contributed by atoms with E-state index in [0.29, 0.717) is 19.3 Å². The van der Waals surface area contributed by atoms with Crippen LogP contribution in [0.15, 0.2) is 22.8 Å². The summed E-state index contributed by atoms with van der Waals surface area (Å²) in [5.74, 6) is 0.198. The van der Waals surface area contributed by atoms with Crippen LogP contribution < -0.4 is 0 Å². The molecule has 4 aliphatic carbocycles. The van der Waals surface area contributed by atoms with Gasteiger partial charge in [-0.2, -0.15) is 5.26 Å². The van der Waals surface area contributed by atoms with Crippen molar-refractivity contribution in [1.29, 1.82) is 5.26 Å². The van der Waals surface area contributed by atoms with Gasteiger partial charge in [-0.1, -0.05) is 6.92 Å². The summed E-state index contributed by atoms with van der Waals surface area (Å²) < 4.78 is 0. The summed E-state index contributed by atoms with van der Waals surface area (Å²) in [4.78, 5) is 11.7. The highest BCUT2D eigenvalue weighted by Gasteiger charge is 2.65. The molecule has 0 amide bonds. The number of aliphatic hydroxyl groups is 2. The molecule has 0 radical (unpaired) electrons. The van der Waals surface area contributed by atoms with Gasteiger partial charge in [-0.3, -0.25) is 4.79 Å². The highest BCUT2D eigenvalue weighted by Crippen LogP contribution is 2.65. The third kappa shape index (κ3) is 1.89. The largest absolute Gasteiger partial charge is 0.388 e. The molecule has 4 nitrogen and oxygen atoms in total. The highest BCUT2D eigenvalue weighted by atomic mass is 16.3. The van der Waals surface area contributed by atoms with Gasteiger partial charge in [-0.25, -0.2) is 0 Å². The van der Waals surface area contributed by atoms with E-state index in [9.17, 15) is 15.0 Å². The van der Waals surface area contributed by atoms with Crippen LogP contribution in [0.3, 0.4) is 0 Å². The molecule has 2 saturated carbocycles. The number of rotatable bonds is 1. The molecule has 2 N–H and O–H groups in total. The molecule has 0 bridgehead atoms. The fraction of sp³-hybridized carbons (Fsp3) is 0.700. The van der Waals surface area contributed by atoms with Crippen molar-refractivity contribution in [3.63, 3.8) is 0 Å². The molecule has 4 atom stereocenters. The number of nitrogens with zero attached hydrogens (tertiary/aromatic N) is 1. The van der Waals surface area contributed by atoms with Crippen LogP contribution in [0.25, 0.3) is 0 Å². The second kappa shape index (κ2) is 5.03. The number of nitriles is 1. The van der Waals surface area contributed by atoms with E-state index in [-0.39, 0.29) is 18.1 Å². The molecule has 0 spiro atoms. The van der Waals surface area contributed by atoms with Crippen molar-refractivity contribution >= 4 is 5.78 Å². The van der Waals surface area contributed by atoms with Gasteiger partial charge in [0, 0.05) is 11.8 Å². The average molecular weight is 327 g/mol. The molecule has 4 heteroatoms. The summed E-state index contributed by atoms with van der Waals surface area (Å²) in [5, 5.41) is 31.9. The van der Waals surface area contributed by atoms with Gasteiger partial charge in [-0.05, 0) is 73.7 Å². The normalized spacial score (nSPS) is 44.3. The summed E-state index contributed by atoms with van der Waals surface area (Å²) in [6.07, 6.45) is 7.50. The Morgan fingerprint density at radius 3 is 2.75 bits per heavy atom. The van der Waals surface area contributed by atoms with Gasteiger partial charge >= 0.3 is 0 Å². The zero-order chi connectivity index (χ0) is 17.2. The minimum absolute atomic E-state index is 0.00113. The Bertz CT molecular complexity index is 715. The van der Waals surface area contributed by atoms with Gasteiger partial charge in [0.15, 0.2) is 5.78 Å². The van der Waals surface area contributed by atoms with E-state index in [4.69, 9.17) is 5.26 Å². The van der Waals surface area contributed by atoms with Crippen LogP contribution in [0.2, 0.25) is 0 Å². The molecule has 1 unspecified atom stereocenters. The molecule has 0 heterocycles. The van der Waals surface area contributed by atoms with Gasteiger partial charge in [0.2, 0.25) is 0 Å². The van der Waals surface area contributed by atoms with Crippen LogP contribution in [-0.2, 0) is 4.79 Å². The first-order valence-corrected chi connectivity index (χ1v) is 9.12. The standard InChI is InChI=1S/C20H25NO3/c1-18-7-5-16-15-3-2-14(22)12-13(15)4-9-20(16,24)17(18)6-8-19(18,23)10-11-21/h12,17,23-24H,2-10H2,1H3/t17-,18+,19-,20?/m1/s1. The monoisotopic (exact) mass is 327 g/mol. The Kier molecular flexibility index (Phi) is 3.37. The summed E-state index contributed by atoms with van der Waals surface area (Å²) in [6, 6.07) is 2.15. The number of hydrogen-bond acceptors (Lipinski definition) is 4. The van der Waals surface area contributed by atoms with Gasteiger partial charge in [-0.15, -0.1) is 0 Å². The van der Waals surface area contributed by atoms with Crippen LogP contribution in [0.5, 0.6) is 0 Å². The molecular formula is C20H25NO3. The third-order valence-electron chi connectivity index (χ3n) is 7.53. The second-order valence-corrected chi connectivity index (χ2v) is 8.39. The minimum atomic E-state index is -0.989. The molecule has 0 saturated heterocycles. The van der Waals surface area contributed by atoms with E-state index in [1.54, 1.807) is 6.08 Å². The Hall–Kier alpha value is -1.44. The molecule has 128 valence electrons. The average Bonchev–Trinajstić information content (AvgIpc) is 2.80. The van der Waals surface area contributed by atoms with Gasteiger partial charge in [0.25, 0.3) is 0 Å². The summed E-state index contributed by atoms with van der Waals surface area (Å²) in [7, 11) is 0. The zero-order valence-electron chi connectivity index (χ0n) is 14.3. The SMILES string of the molecule is C[C@]12CCC3=C4CCC(=O)C=C4CCC3(O)[C@@H]1CC[C@@]2(O)CC#N. The van der Waals surface area contributed by atoms with Crippen LogP contribution in [0.1, 0.15) is 64.7 Å². The summed E-state index contributed by atoms with van der Waals surface area (Å²) in [5.41, 5.74) is 1.18. The Balaban J connectivity index is 1.79. The maximum atomic E-state index is 11.7. The van der Waals surface area contributed by atoms with E-state index in [1.165, 1.54) is 5.57 Å². The molecule has 0 aromatic heterocycles. The Morgan fingerprint density at radius 2 is 2.00 bits per heavy atom. The number of fused-ring (bicyclic) bond motifs is 4. The first kappa shape index (κ1) is 16.1. The first-order chi connectivity index (χ1) is 11.3. The van der Waals surface area contributed by atoms with Crippen molar-refractivity contribution in [3.8, 4) is 6.07 Å². The quantitative estimate of drug-likeness (QED) is 0.776. The number of hydrogen-bond donors (Lipinski definition) is 2. The van der Waals surface area contributed by atoms with Crippen molar-refractivity contribution in [2.45, 2.75) is 75.9 Å². The maximum Gasteiger partial charge on any atom is 0.156 e. The topological polar surface area (TPSA) is 81.3 Å². The van der Waals surface area contributed by atoms with Crippen LogP contribution in [-0.4, -0.2) is 27.2 Å². The zero-order valence-corrected chi connectivity index (χ0v) is 14.3. The van der Waals surface area contributed by atoms with Gasteiger partial charge < -0.3 is 10.2 Å². The predicted octanol–water partition coefficient (Wildman–Crippen LogP) is 2.95.